The number of methoxy groups -OCH3 is 1. The molecule has 0 aromatic heterocycles. The lowest BCUT2D eigenvalue weighted by Gasteiger charge is -2.40. The van der Waals surface area contributed by atoms with E-state index in [1.54, 1.807) is 55.6 Å². The Hall–Kier alpha value is -2.90. The van der Waals surface area contributed by atoms with Gasteiger partial charge in [-0.1, -0.05) is 24.3 Å². The molecule has 0 unspecified atom stereocenters. The van der Waals surface area contributed by atoms with Crippen molar-refractivity contribution in [3.05, 3.63) is 78.6 Å². The highest BCUT2D eigenvalue weighted by molar-refractivity contribution is 7.92. The summed E-state index contributed by atoms with van der Waals surface area (Å²) >= 11 is 0. The van der Waals surface area contributed by atoms with Crippen molar-refractivity contribution in [2.75, 3.05) is 29.8 Å². The zero-order valence-corrected chi connectivity index (χ0v) is 16.7. The number of hydrogen-bond donors (Lipinski definition) is 1. The highest BCUT2D eigenvalue weighted by Gasteiger charge is 2.26. The van der Waals surface area contributed by atoms with Crippen LogP contribution in [0, 0.1) is 5.82 Å². The van der Waals surface area contributed by atoms with Gasteiger partial charge < -0.3 is 9.64 Å². The molecule has 0 saturated carbocycles. The fourth-order valence-electron chi connectivity index (χ4n) is 3.22. The van der Waals surface area contributed by atoms with Gasteiger partial charge in [0.05, 0.1) is 11.0 Å². The van der Waals surface area contributed by atoms with E-state index in [0.717, 1.165) is 29.9 Å². The molecule has 5 nitrogen and oxygen atoms in total. The number of hydrogen-bond acceptors (Lipinski definition) is 4. The third kappa shape index (κ3) is 4.26. The van der Waals surface area contributed by atoms with Crippen molar-refractivity contribution in [1.82, 2.24) is 0 Å². The number of halogens is 1. The Kier molecular flexibility index (Phi) is 5.25. The standard InChI is InChI=1S/C22H21FN2O3S/c1-28-21-14-25(15-21)20-10-8-19(9-11-20)24-29(26,27)22-12-4-17(5-13-22)16-2-6-18(23)7-3-16/h2-13,21,24H,14-15H2,1H3. The van der Waals surface area contributed by atoms with Gasteiger partial charge in [0.1, 0.15) is 5.82 Å². The largest absolute Gasteiger partial charge is 0.378 e. The average Bonchev–Trinajstić information content (AvgIpc) is 2.69. The Morgan fingerprint density at radius 3 is 2.00 bits per heavy atom. The minimum absolute atomic E-state index is 0.165. The molecule has 1 aliphatic rings. The molecule has 1 saturated heterocycles. The molecular formula is C22H21FN2O3S. The molecule has 29 heavy (non-hydrogen) atoms. The number of ether oxygens (including phenoxy) is 1. The first-order valence-electron chi connectivity index (χ1n) is 9.21. The van der Waals surface area contributed by atoms with E-state index in [1.165, 1.54) is 12.1 Å². The van der Waals surface area contributed by atoms with Crippen molar-refractivity contribution < 1.29 is 17.5 Å². The zero-order chi connectivity index (χ0) is 20.4. The summed E-state index contributed by atoms with van der Waals surface area (Å²) in [5.74, 6) is -0.309. The highest BCUT2D eigenvalue weighted by Crippen LogP contribution is 2.26. The second-order valence-electron chi connectivity index (χ2n) is 6.95. The van der Waals surface area contributed by atoms with Crippen LogP contribution >= 0.6 is 0 Å². The predicted octanol–water partition coefficient (Wildman–Crippen LogP) is 4.13. The van der Waals surface area contributed by atoms with Gasteiger partial charge in [0, 0.05) is 31.6 Å². The van der Waals surface area contributed by atoms with Crippen molar-refractivity contribution in [3.63, 3.8) is 0 Å². The van der Waals surface area contributed by atoms with Gasteiger partial charge in [-0.25, -0.2) is 12.8 Å². The number of benzene rings is 3. The number of nitrogens with zero attached hydrogens (tertiary/aromatic N) is 1. The van der Waals surface area contributed by atoms with Crippen molar-refractivity contribution in [2.45, 2.75) is 11.0 Å². The van der Waals surface area contributed by atoms with E-state index in [0.29, 0.717) is 5.69 Å². The molecule has 1 aliphatic heterocycles. The summed E-state index contributed by atoms with van der Waals surface area (Å²) in [6.07, 6.45) is 0.256. The molecule has 3 aromatic rings. The normalized spacial score (nSPS) is 14.5. The molecule has 0 amide bonds. The summed E-state index contributed by atoms with van der Waals surface area (Å²) in [5, 5.41) is 0. The maximum Gasteiger partial charge on any atom is 0.261 e. The van der Waals surface area contributed by atoms with Crippen LogP contribution in [0.1, 0.15) is 0 Å². The Labute approximate surface area is 169 Å². The Bertz CT molecular complexity index is 1080. The van der Waals surface area contributed by atoms with E-state index < -0.39 is 10.0 Å². The summed E-state index contributed by atoms with van der Waals surface area (Å²) in [6, 6.07) is 19.9. The van der Waals surface area contributed by atoms with Crippen LogP contribution in [-0.2, 0) is 14.8 Å². The quantitative estimate of drug-likeness (QED) is 0.661. The van der Waals surface area contributed by atoms with Crippen LogP contribution in [0.5, 0.6) is 0 Å². The van der Waals surface area contributed by atoms with Crippen molar-refractivity contribution in [2.24, 2.45) is 0 Å². The second-order valence-corrected chi connectivity index (χ2v) is 8.63. The third-order valence-electron chi connectivity index (χ3n) is 5.01. The number of rotatable bonds is 6. The molecule has 3 aromatic carbocycles. The number of nitrogens with one attached hydrogen (secondary N) is 1. The molecule has 0 bridgehead atoms. The van der Waals surface area contributed by atoms with Crippen LogP contribution < -0.4 is 9.62 Å². The first kappa shape index (κ1) is 19.4. The van der Waals surface area contributed by atoms with Crippen molar-refractivity contribution >= 4 is 21.4 Å². The molecule has 4 rings (SSSR count). The molecular weight excluding hydrogens is 391 g/mol. The van der Waals surface area contributed by atoms with E-state index in [9.17, 15) is 12.8 Å². The van der Waals surface area contributed by atoms with E-state index in [4.69, 9.17) is 4.74 Å². The van der Waals surface area contributed by atoms with Crippen LogP contribution in [0.25, 0.3) is 11.1 Å². The van der Waals surface area contributed by atoms with E-state index in [-0.39, 0.29) is 16.8 Å². The van der Waals surface area contributed by atoms with E-state index >= 15 is 0 Å². The summed E-state index contributed by atoms with van der Waals surface area (Å²) in [6.45, 7) is 1.67. The van der Waals surface area contributed by atoms with Crippen LogP contribution in [0.4, 0.5) is 15.8 Å². The fraction of sp³-hybridized carbons (Fsp3) is 0.182. The molecule has 150 valence electrons. The van der Waals surface area contributed by atoms with Gasteiger partial charge in [-0.15, -0.1) is 0 Å². The molecule has 1 fully saturated rings. The van der Waals surface area contributed by atoms with Gasteiger partial charge in [0.25, 0.3) is 10.0 Å². The number of sulfonamides is 1. The average molecular weight is 412 g/mol. The topological polar surface area (TPSA) is 58.6 Å². The first-order valence-corrected chi connectivity index (χ1v) is 10.7. The smallest absolute Gasteiger partial charge is 0.261 e. The van der Waals surface area contributed by atoms with Gasteiger partial charge in [-0.05, 0) is 59.7 Å². The maximum absolute atomic E-state index is 13.1. The summed E-state index contributed by atoms with van der Waals surface area (Å²) in [7, 11) is -2.00. The van der Waals surface area contributed by atoms with Gasteiger partial charge in [0.15, 0.2) is 0 Å². The van der Waals surface area contributed by atoms with Gasteiger partial charge in [-0.3, -0.25) is 4.72 Å². The van der Waals surface area contributed by atoms with E-state index in [1.807, 2.05) is 12.1 Å². The van der Waals surface area contributed by atoms with Crippen LogP contribution in [-0.4, -0.2) is 34.7 Å². The first-order chi connectivity index (χ1) is 13.9. The van der Waals surface area contributed by atoms with E-state index in [2.05, 4.69) is 9.62 Å². The zero-order valence-electron chi connectivity index (χ0n) is 15.9. The molecule has 0 atom stereocenters. The van der Waals surface area contributed by atoms with Gasteiger partial charge >= 0.3 is 0 Å². The lowest BCUT2D eigenvalue weighted by Crippen LogP contribution is -2.51. The molecule has 1 heterocycles. The van der Waals surface area contributed by atoms with Gasteiger partial charge in [0.2, 0.25) is 0 Å². The monoisotopic (exact) mass is 412 g/mol. The minimum Gasteiger partial charge on any atom is -0.378 e. The van der Waals surface area contributed by atoms with Crippen LogP contribution in [0.2, 0.25) is 0 Å². The Balaban J connectivity index is 1.45. The van der Waals surface area contributed by atoms with Crippen molar-refractivity contribution in [3.8, 4) is 11.1 Å². The molecule has 7 heteroatoms. The predicted molar refractivity (Wildman–Crippen MR) is 112 cm³/mol. The summed E-state index contributed by atoms with van der Waals surface area (Å²) in [4.78, 5) is 2.33. The summed E-state index contributed by atoms with van der Waals surface area (Å²) in [5.41, 5.74) is 3.17. The van der Waals surface area contributed by atoms with Crippen LogP contribution in [0.15, 0.2) is 77.7 Å². The third-order valence-corrected chi connectivity index (χ3v) is 6.41. The maximum atomic E-state index is 13.1. The second kappa shape index (κ2) is 7.85. The highest BCUT2D eigenvalue weighted by atomic mass is 32.2. The molecule has 0 spiro atoms. The van der Waals surface area contributed by atoms with Crippen LogP contribution in [0.3, 0.4) is 0 Å². The molecule has 1 N–H and O–H groups in total. The molecule has 0 aliphatic carbocycles. The summed E-state index contributed by atoms with van der Waals surface area (Å²) < 4.78 is 46.3. The SMILES string of the molecule is COC1CN(c2ccc(NS(=O)(=O)c3ccc(-c4ccc(F)cc4)cc3)cc2)C1. The lowest BCUT2D eigenvalue weighted by molar-refractivity contribution is 0.0788. The van der Waals surface area contributed by atoms with Crippen molar-refractivity contribution in [1.29, 1.82) is 0 Å². The fourth-order valence-corrected chi connectivity index (χ4v) is 4.28. The number of anilines is 2. The lowest BCUT2D eigenvalue weighted by atomic mass is 10.1. The Morgan fingerprint density at radius 1 is 0.897 bits per heavy atom. The van der Waals surface area contributed by atoms with Gasteiger partial charge in [-0.2, -0.15) is 0 Å². The Morgan fingerprint density at radius 2 is 1.45 bits per heavy atom. The molecule has 0 radical (unpaired) electrons. The minimum atomic E-state index is -3.70.